The van der Waals surface area contributed by atoms with E-state index >= 15 is 0 Å². The van der Waals surface area contributed by atoms with E-state index in [1.54, 1.807) is 6.07 Å². The molecule has 0 amide bonds. The van der Waals surface area contributed by atoms with E-state index in [1.165, 1.54) is 12.1 Å². The normalized spacial score (nSPS) is 10.9. The second kappa shape index (κ2) is 12.2. The number of nitrogens with one attached hydrogen (secondary N) is 2. The molecule has 2 aromatic rings. The van der Waals surface area contributed by atoms with E-state index < -0.39 is 0 Å². The first-order chi connectivity index (χ1) is 13.5. The molecule has 3 N–H and O–H groups in total. The van der Waals surface area contributed by atoms with Gasteiger partial charge in [0.1, 0.15) is 12.4 Å². The average Bonchev–Trinajstić information content (AvgIpc) is 2.66. The van der Waals surface area contributed by atoms with Gasteiger partial charge in [0.05, 0.1) is 18.2 Å². The highest BCUT2D eigenvalue weighted by atomic mass is 79.9. The maximum Gasteiger partial charge on any atom is 0.162 e. The number of hydrogen-bond donors (Lipinski definition) is 3. The van der Waals surface area contributed by atoms with Crippen LogP contribution in [0.25, 0.3) is 0 Å². The van der Waals surface area contributed by atoms with Gasteiger partial charge in [-0.2, -0.15) is 0 Å². The molecule has 0 aliphatic rings. The summed E-state index contributed by atoms with van der Waals surface area (Å²) in [5, 5.41) is 15.5. The van der Waals surface area contributed by atoms with Gasteiger partial charge in [-0.05, 0) is 36.8 Å². The first-order valence-electron chi connectivity index (χ1n) is 9.09. The lowest BCUT2D eigenvalue weighted by Gasteiger charge is -2.16. The number of aliphatic hydroxyl groups excluding tert-OH is 1. The second-order valence-electron chi connectivity index (χ2n) is 6.00. The third-order valence-electron chi connectivity index (χ3n) is 3.89. The molecule has 0 aliphatic carbocycles. The van der Waals surface area contributed by atoms with Gasteiger partial charge in [-0.3, -0.25) is 0 Å². The molecule has 0 radical (unpaired) electrons. The van der Waals surface area contributed by atoms with E-state index in [4.69, 9.17) is 26.2 Å². The minimum Gasteiger partial charge on any atom is -0.490 e. The van der Waals surface area contributed by atoms with Gasteiger partial charge in [0, 0.05) is 36.2 Å². The van der Waals surface area contributed by atoms with Crippen LogP contribution in [0.5, 0.6) is 11.5 Å². The van der Waals surface area contributed by atoms with Gasteiger partial charge in [0.25, 0.3) is 0 Å². The van der Waals surface area contributed by atoms with Crippen molar-refractivity contribution in [3.05, 3.63) is 56.8 Å². The zero-order valence-corrected chi connectivity index (χ0v) is 18.1. The smallest absolute Gasteiger partial charge is 0.162 e. The summed E-state index contributed by atoms with van der Waals surface area (Å²) in [6.07, 6.45) is 0. The Balaban J connectivity index is 2.02. The highest BCUT2D eigenvalue weighted by molar-refractivity contribution is 9.10. The largest absolute Gasteiger partial charge is 0.490 e. The van der Waals surface area contributed by atoms with Gasteiger partial charge < -0.3 is 25.2 Å². The van der Waals surface area contributed by atoms with Crippen LogP contribution in [0.2, 0.25) is 5.02 Å². The minimum atomic E-state index is -0.380. The third-order valence-corrected chi connectivity index (χ3v) is 4.98. The third kappa shape index (κ3) is 7.22. The fourth-order valence-electron chi connectivity index (χ4n) is 2.49. The van der Waals surface area contributed by atoms with Gasteiger partial charge in [-0.25, -0.2) is 4.39 Å². The maximum absolute atomic E-state index is 13.2. The van der Waals surface area contributed by atoms with Gasteiger partial charge >= 0.3 is 0 Å². The van der Waals surface area contributed by atoms with Crippen molar-refractivity contribution >= 4 is 27.5 Å². The number of hydrogen-bond acceptors (Lipinski definition) is 5. The molecule has 0 fully saturated rings. The Morgan fingerprint density at radius 1 is 1.04 bits per heavy atom. The van der Waals surface area contributed by atoms with Gasteiger partial charge in [-0.15, -0.1) is 0 Å². The standard InChI is InChI=1S/C20H25BrClFN2O3/c1-2-27-19-9-15(12-25-6-5-24-7-8-26)17(21)11-20(19)28-13-14-3-4-16(23)10-18(14)22/h3-4,9-11,24-26H,2,5-8,12-13H2,1H3. The molecule has 0 aromatic heterocycles. The van der Waals surface area contributed by atoms with Crippen molar-refractivity contribution in [2.45, 2.75) is 20.1 Å². The van der Waals surface area contributed by atoms with E-state index in [9.17, 15) is 4.39 Å². The molecule has 0 unspecified atom stereocenters. The van der Waals surface area contributed by atoms with Crippen LogP contribution in [0.4, 0.5) is 4.39 Å². The Kier molecular flexibility index (Phi) is 10.0. The molecule has 154 valence electrons. The van der Waals surface area contributed by atoms with E-state index in [-0.39, 0.29) is 19.0 Å². The summed E-state index contributed by atoms with van der Waals surface area (Å²) >= 11 is 9.64. The summed E-state index contributed by atoms with van der Waals surface area (Å²) in [7, 11) is 0. The lowest BCUT2D eigenvalue weighted by Crippen LogP contribution is -2.28. The fraction of sp³-hybridized carbons (Fsp3) is 0.400. The first-order valence-corrected chi connectivity index (χ1v) is 10.3. The lowest BCUT2D eigenvalue weighted by molar-refractivity contribution is 0.268. The number of rotatable bonds is 12. The Hall–Kier alpha value is -1.38. The summed E-state index contributed by atoms with van der Waals surface area (Å²) in [6.45, 7) is 5.55. The molecule has 2 rings (SSSR count). The fourth-order valence-corrected chi connectivity index (χ4v) is 3.18. The van der Waals surface area contributed by atoms with Crippen LogP contribution < -0.4 is 20.1 Å². The second-order valence-corrected chi connectivity index (χ2v) is 7.26. The predicted octanol–water partition coefficient (Wildman–Crippen LogP) is 3.89. The Labute approximate surface area is 178 Å². The number of benzene rings is 2. The van der Waals surface area contributed by atoms with Crippen molar-refractivity contribution in [2.24, 2.45) is 0 Å². The summed E-state index contributed by atoms with van der Waals surface area (Å²) < 4.78 is 25.7. The van der Waals surface area contributed by atoms with Crippen molar-refractivity contribution in [3.8, 4) is 11.5 Å². The van der Waals surface area contributed by atoms with E-state index in [1.807, 2.05) is 19.1 Å². The Morgan fingerprint density at radius 3 is 2.50 bits per heavy atom. The van der Waals surface area contributed by atoms with E-state index in [2.05, 4.69) is 26.6 Å². The van der Waals surface area contributed by atoms with E-state index in [0.717, 1.165) is 23.1 Å². The quantitative estimate of drug-likeness (QED) is 0.407. The van der Waals surface area contributed by atoms with Crippen LogP contribution in [-0.2, 0) is 13.2 Å². The van der Waals surface area contributed by atoms with Crippen LogP contribution in [0.3, 0.4) is 0 Å². The number of ether oxygens (including phenoxy) is 2. The highest BCUT2D eigenvalue weighted by Gasteiger charge is 2.12. The van der Waals surface area contributed by atoms with E-state index in [0.29, 0.717) is 41.8 Å². The molecule has 0 spiro atoms. The van der Waals surface area contributed by atoms with Crippen molar-refractivity contribution in [3.63, 3.8) is 0 Å². The predicted molar refractivity (Wildman–Crippen MR) is 113 cm³/mol. The van der Waals surface area contributed by atoms with Crippen molar-refractivity contribution < 1.29 is 19.0 Å². The lowest BCUT2D eigenvalue weighted by atomic mass is 10.2. The molecule has 5 nitrogen and oxygen atoms in total. The molecule has 0 heterocycles. The zero-order chi connectivity index (χ0) is 20.4. The molecular formula is C20H25BrClFN2O3. The Bertz CT molecular complexity index is 764. The molecule has 0 saturated carbocycles. The van der Waals surface area contributed by atoms with Crippen LogP contribution in [0.15, 0.2) is 34.8 Å². The van der Waals surface area contributed by atoms with Crippen LogP contribution >= 0.6 is 27.5 Å². The molecule has 0 aliphatic heterocycles. The summed E-state index contributed by atoms with van der Waals surface area (Å²) in [6, 6.07) is 8.03. The highest BCUT2D eigenvalue weighted by Crippen LogP contribution is 2.35. The maximum atomic E-state index is 13.2. The van der Waals surface area contributed by atoms with Gasteiger partial charge in [0.15, 0.2) is 11.5 Å². The number of aliphatic hydroxyl groups is 1. The van der Waals surface area contributed by atoms with Crippen molar-refractivity contribution in [1.29, 1.82) is 0 Å². The molecule has 2 aromatic carbocycles. The summed E-state index contributed by atoms with van der Waals surface area (Å²) in [4.78, 5) is 0. The molecule has 0 atom stereocenters. The van der Waals surface area contributed by atoms with Crippen molar-refractivity contribution in [2.75, 3.05) is 32.8 Å². The first kappa shape index (κ1) is 22.9. The van der Waals surface area contributed by atoms with Gasteiger partial charge in [-0.1, -0.05) is 33.6 Å². The molecular weight excluding hydrogens is 451 g/mol. The monoisotopic (exact) mass is 474 g/mol. The zero-order valence-electron chi connectivity index (χ0n) is 15.7. The van der Waals surface area contributed by atoms with Crippen LogP contribution in [0, 0.1) is 5.82 Å². The van der Waals surface area contributed by atoms with Crippen LogP contribution in [-0.4, -0.2) is 38.0 Å². The molecule has 0 bridgehead atoms. The van der Waals surface area contributed by atoms with Crippen molar-refractivity contribution in [1.82, 2.24) is 10.6 Å². The topological polar surface area (TPSA) is 62.8 Å². The molecule has 8 heteroatoms. The van der Waals surface area contributed by atoms with Gasteiger partial charge in [0.2, 0.25) is 0 Å². The average molecular weight is 476 g/mol. The summed E-state index contributed by atoms with van der Waals surface area (Å²) in [5.41, 5.74) is 1.74. The number of halogens is 3. The Morgan fingerprint density at radius 2 is 1.79 bits per heavy atom. The SMILES string of the molecule is CCOc1cc(CNCCNCCO)c(Br)cc1OCc1ccc(F)cc1Cl. The molecule has 28 heavy (non-hydrogen) atoms. The van der Waals surface area contributed by atoms with Crippen LogP contribution in [0.1, 0.15) is 18.1 Å². The minimum absolute atomic E-state index is 0.133. The molecule has 0 saturated heterocycles. The summed E-state index contributed by atoms with van der Waals surface area (Å²) in [5.74, 6) is 0.844.